The summed E-state index contributed by atoms with van der Waals surface area (Å²) < 4.78 is 0. The maximum absolute atomic E-state index is 2.41. The smallest absolute Gasteiger partial charge is 0.0468 e. The van der Waals surface area contributed by atoms with Crippen molar-refractivity contribution >= 4 is 66.4 Å². The molecule has 2 heteroatoms. The second-order valence-electron chi connectivity index (χ2n) is 15.2. The lowest BCUT2D eigenvalue weighted by atomic mass is 9.85. The van der Waals surface area contributed by atoms with Crippen molar-refractivity contribution < 1.29 is 0 Å². The van der Waals surface area contributed by atoms with Gasteiger partial charge in [0, 0.05) is 34.1 Å². The standard InChI is InChI=1S/C56H42N2/c1-39-22-26-42(27-23-39)55-52-35-33-50(58(47-20-10-5-11-21-47)48-31-30-41-14-12-13-15-44(41)36-48)38-54(52)56(43-28-24-40(2)25-29-43)51-34-32-49(37-53(51)55)57(45-16-6-3-7-17-45)46-18-8-4-9-19-46/h3-38H,1-2H3. The summed E-state index contributed by atoms with van der Waals surface area (Å²) in [6.45, 7) is 4.32. The maximum atomic E-state index is 2.41. The molecule has 0 unspecified atom stereocenters. The zero-order valence-corrected chi connectivity index (χ0v) is 32.7. The molecule has 58 heavy (non-hydrogen) atoms. The van der Waals surface area contributed by atoms with Crippen LogP contribution in [-0.2, 0) is 0 Å². The van der Waals surface area contributed by atoms with Gasteiger partial charge >= 0.3 is 0 Å². The summed E-state index contributed by atoms with van der Waals surface area (Å²) in [6, 6.07) is 79.6. The van der Waals surface area contributed by atoms with Crippen molar-refractivity contribution in [1.82, 2.24) is 0 Å². The van der Waals surface area contributed by atoms with E-state index in [0.717, 1.165) is 34.1 Å². The molecule has 0 aliphatic carbocycles. The molecule has 10 aromatic rings. The van der Waals surface area contributed by atoms with Gasteiger partial charge in [0.05, 0.1) is 0 Å². The van der Waals surface area contributed by atoms with Crippen LogP contribution in [-0.4, -0.2) is 0 Å². The first-order chi connectivity index (χ1) is 28.6. The van der Waals surface area contributed by atoms with Crippen LogP contribution in [0.1, 0.15) is 11.1 Å². The number of fused-ring (bicyclic) bond motifs is 3. The zero-order chi connectivity index (χ0) is 39.0. The first-order valence-corrected chi connectivity index (χ1v) is 20.0. The number of hydrogen-bond acceptors (Lipinski definition) is 2. The van der Waals surface area contributed by atoms with Crippen LogP contribution in [0.25, 0.3) is 54.6 Å². The minimum atomic E-state index is 1.10. The fourth-order valence-corrected chi connectivity index (χ4v) is 8.49. The van der Waals surface area contributed by atoms with Crippen molar-refractivity contribution in [2.24, 2.45) is 0 Å². The second kappa shape index (κ2) is 14.9. The van der Waals surface area contributed by atoms with Crippen molar-refractivity contribution in [3.63, 3.8) is 0 Å². The van der Waals surface area contributed by atoms with Crippen LogP contribution in [0.4, 0.5) is 34.1 Å². The molecule has 2 nitrogen and oxygen atoms in total. The lowest BCUT2D eigenvalue weighted by Crippen LogP contribution is -2.10. The van der Waals surface area contributed by atoms with Crippen molar-refractivity contribution in [1.29, 1.82) is 0 Å². The predicted octanol–water partition coefficient (Wildman–Crippen LogP) is 16.0. The van der Waals surface area contributed by atoms with Crippen molar-refractivity contribution in [2.45, 2.75) is 13.8 Å². The first kappa shape index (κ1) is 35.0. The van der Waals surface area contributed by atoms with Gasteiger partial charge in [0.25, 0.3) is 0 Å². The fourth-order valence-electron chi connectivity index (χ4n) is 8.49. The summed E-state index contributed by atoms with van der Waals surface area (Å²) in [5, 5.41) is 7.29. The monoisotopic (exact) mass is 742 g/mol. The van der Waals surface area contributed by atoms with Crippen LogP contribution in [0.5, 0.6) is 0 Å². The Labute approximate surface area is 340 Å². The molecule has 0 N–H and O–H groups in total. The number of nitrogens with zero attached hydrogens (tertiary/aromatic N) is 2. The van der Waals surface area contributed by atoms with E-state index >= 15 is 0 Å². The van der Waals surface area contributed by atoms with Crippen molar-refractivity contribution in [3.8, 4) is 22.3 Å². The Kier molecular flexibility index (Phi) is 9.01. The van der Waals surface area contributed by atoms with Gasteiger partial charge < -0.3 is 9.80 Å². The molecule has 0 atom stereocenters. The highest BCUT2D eigenvalue weighted by Crippen LogP contribution is 2.48. The molecule has 0 fully saturated rings. The lowest BCUT2D eigenvalue weighted by molar-refractivity contribution is 1.29. The summed E-state index contributed by atoms with van der Waals surface area (Å²) in [6.07, 6.45) is 0. The Balaban J connectivity index is 1.29. The van der Waals surface area contributed by atoms with E-state index in [1.54, 1.807) is 0 Å². The molecule has 0 aliphatic rings. The van der Waals surface area contributed by atoms with Crippen LogP contribution in [0.2, 0.25) is 0 Å². The number of para-hydroxylation sites is 3. The molecule has 0 radical (unpaired) electrons. The van der Waals surface area contributed by atoms with Gasteiger partial charge in [-0.3, -0.25) is 0 Å². The number of rotatable bonds is 8. The molecule has 10 rings (SSSR count). The molecular formula is C56H42N2. The zero-order valence-electron chi connectivity index (χ0n) is 32.7. The van der Waals surface area contributed by atoms with E-state index in [-0.39, 0.29) is 0 Å². The highest BCUT2D eigenvalue weighted by molar-refractivity contribution is 6.22. The Morgan fingerprint density at radius 2 is 0.621 bits per heavy atom. The molecule has 10 aromatic carbocycles. The first-order valence-electron chi connectivity index (χ1n) is 20.0. The molecule has 276 valence electrons. The summed E-state index contributed by atoms with van der Waals surface area (Å²) in [5.74, 6) is 0. The number of hydrogen-bond donors (Lipinski definition) is 0. The predicted molar refractivity (Wildman–Crippen MR) is 249 cm³/mol. The third-order valence-corrected chi connectivity index (χ3v) is 11.3. The summed E-state index contributed by atoms with van der Waals surface area (Å²) in [5.41, 5.74) is 14.0. The van der Waals surface area contributed by atoms with Gasteiger partial charge in [0.15, 0.2) is 0 Å². The van der Waals surface area contributed by atoms with E-state index in [4.69, 9.17) is 0 Å². The molecule has 0 bridgehead atoms. The Morgan fingerprint density at radius 1 is 0.259 bits per heavy atom. The molecular weight excluding hydrogens is 701 g/mol. The lowest BCUT2D eigenvalue weighted by Gasteiger charge is -2.28. The normalized spacial score (nSPS) is 11.3. The quantitative estimate of drug-likeness (QED) is 0.143. The van der Waals surface area contributed by atoms with E-state index in [9.17, 15) is 0 Å². The largest absolute Gasteiger partial charge is 0.310 e. The van der Waals surface area contributed by atoms with Gasteiger partial charge in [-0.1, -0.05) is 157 Å². The number of benzene rings is 10. The van der Waals surface area contributed by atoms with E-state index in [1.165, 1.54) is 65.7 Å². The van der Waals surface area contributed by atoms with Gasteiger partial charge in [0.1, 0.15) is 0 Å². The molecule has 0 saturated carbocycles. The van der Waals surface area contributed by atoms with Gasteiger partial charge in [-0.05, 0) is 141 Å². The Hall–Kier alpha value is -7.42. The van der Waals surface area contributed by atoms with E-state index in [0.29, 0.717) is 0 Å². The van der Waals surface area contributed by atoms with Gasteiger partial charge in [-0.2, -0.15) is 0 Å². The van der Waals surface area contributed by atoms with Gasteiger partial charge in [-0.15, -0.1) is 0 Å². The van der Waals surface area contributed by atoms with Crippen LogP contribution >= 0.6 is 0 Å². The van der Waals surface area contributed by atoms with Crippen LogP contribution < -0.4 is 9.80 Å². The average molecular weight is 743 g/mol. The van der Waals surface area contributed by atoms with Crippen molar-refractivity contribution in [3.05, 3.63) is 230 Å². The van der Waals surface area contributed by atoms with Gasteiger partial charge in [-0.25, -0.2) is 0 Å². The highest BCUT2D eigenvalue weighted by Gasteiger charge is 2.22. The van der Waals surface area contributed by atoms with Crippen LogP contribution in [0.3, 0.4) is 0 Å². The van der Waals surface area contributed by atoms with E-state index in [2.05, 4.69) is 242 Å². The summed E-state index contributed by atoms with van der Waals surface area (Å²) in [7, 11) is 0. The topological polar surface area (TPSA) is 6.48 Å². The molecule has 0 amide bonds. The molecule has 0 aliphatic heterocycles. The summed E-state index contributed by atoms with van der Waals surface area (Å²) >= 11 is 0. The SMILES string of the molecule is Cc1ccc(-c2c3ccc(N(c4ccccc4)c4ccc5ccccc5c4)cc3c(-c3ccc(C)cc3)c3ccc(N(c4ccccc4)c4ccccc4)cc23)cc1. The number of anilines is 6. The van der Waals surface area contributed by atoms with Crippen LogP contribution in [0.15, 0.2) is 218 Å². The maximum Gasteiger partial charge on any atom is 0.0468 e. The second-order valence-corrected chi connectivity index (χ2v) is 15.2. The van der Waals surface area contributed by atoms with Crippen molar-refractivity contribution in [2.75, 3.05) is 9.80 Å². The van der Waals surface area contributed by atoms with E-state index in [1.807, 2.05) is 0 Å². The number of aryl methyl sites for hydroxylation is 2. The third kappa shape index (κ3) is 6.45. The molecule has 0 heterocycles. The fraction of sp³-hybridized carbons (Fsp3) is 0.0357. The van der Waals surface area contributed by atoms with Gasteiger partial charge in [0.2, 0.25) is 0 Å². The third-order valence-electron chi connectivity index (χ3n) is 11.3. The van der Waals surface area contributed by atoms with Crippen LogP contribution in [0, 0.1) is 13.8 Å². The summed E-state index contributed by atoms with van der Waals surface area (Å²) in [4.78, 5) is 4.75. The molecule has 0 spiro atoms. The van der Waals surface area contributed by atoms with E-state index < -0.39 is 0 Å². The highest BCUT2D eigenvalue weighted by atomic mass is 15.1. The minimum absolute atomic E-state index is 1.10. The Bertz CT molecular complexity index is 3010. The Morgan fingerprint density at radius 3 is 1.07 bits per heavy atom. The molecule has 0 aromatic heterocycles. The molecule has 0 saturated heterocycles. The minimum Gasteiger partial charge on any atom is -0.310 e. The average Bonchev–Trinajstić information content (AvgIpc) is 3.28.